The van der Waals surface area contributed by atoms with Crippen molar-refractivity contribution in [2.45, 2.75) is 45.1 Å². The summed E-state index contributed by atoms with van der Waals surface area (Å²) in [6.45, 7) is 3.23. The lowest BCUT2D eigenvalue weighted by Crippen LogP contribution is -2.05. The Kier molecular flexibility index (Phi) is 2.25. The SMILES string of the molecule is CCCCn1ncc(N)c1C1CC1. The van der Waals surface area contributed by atoms with Crippen molar-refractivity contribution in [3.8, 4) is 0 Å². The minimum atomic E-state index is 0.708. The molecule has 0 saturated heterocycles. The molecular formula is C10H17N3. The topological polar surface area (TPSA) is 43.8 Å². The lowest BCUT2D eigenvalue weighted by molar-refractivity contribution is 0.550. The first kappa shape index (κ1) is 8.60. The van der Waals surface area contributed by atoms with Crippen LogP contribution in [0.1, 0.15) is 44.2 Å². The molecule has 1 aromatic rings. The van der Waals surface area contributed by atoms with Gasteiger partial charge in [0.2, 0.25) is 0 Å². The van der Waals surface area contributed by atoms with Gasteiger partial charge in [-0.15, -0.1) is 0 Å². The van der Waals surface area contributed by atoms with E-state index in [1.165, 1.54) is 31.4 Å². The van der Waals surface area contributed by atoms with Crippen molar-refractivity contribution in [3.05, 3.63) is 11.9 Å². The Morgan fingerprint density at radius 2 is 2.38 bits per heavy atom. The van der Waals surface area contributed by atoms with Crippen LogP contribution in [-0.2, 0) is 6.54 Å². The van der Waals surface area contributed by atoms with Crippen LogP contribution in [0.3, 0.4) is 0 Å². The van der Waals surface area contributed by atoms with Crippen LogP contribution < -0.4 is 5.73 Å². The quantitative estimate of drug-likeness (QED) is 0.769. The summed E-state index contributed by atoms with van der Waals surface area (Å²) in [5, 5.41) is 4.31. The number of aryl methyl sites for hydroxylation is 1. The zero-order valence-electron chi connectivity index (χ0n) is 8.16. The molecule has 13 heavy (non-hydrogen) atoms. The van der Waals surface area contributed by atoms with Crippen LogP contribution in [0.2, 0.25) is 0 Å². The predicted octanol–water partition coefficient (Wildman–Crippen LogP) is 2.14. The van der Waals surface area contributed by atoms with Crippen LogP contribution in [-0.4, -0.2) is 9.78 Å². The monoisotopic (exact) mass is 179 g/mol. The van der Waals surface area contributed by atoms with E-state index in [4.69, 9.17) is 5.73 Å². The van der Waals surface area contributed by atoms with Gasteiger partial charge in [-0.05, 0) is 19.3 Å². The number of hydrogen-bond acceptors (Lipinski definition) is 2. The summed E-state index contributed by atoms with van der Waals surface area (Å²) >= 11 is 0. The molecule has 0 unspecified atom stereocenters. The number of aromatic nitrogens is 2. The van der Waals surface area contributed by atoms with E-state index in [1.807, 2.05) is 0 Å². The molecule has 1 aromatic heterocycles. The number of anilines is 1. The molecule has 72 valence electrons. The largest absolute Gasteiger partial charge is 0.396 e. The maximum absolute atomic E-state index is 5.87. The smallest absolute Gasteiger partial charge is 0.0735 e. The molecule has 1 aliphatic rings. The van der Waals surface area contributed by atoms with Crippen LogP contribution in [0.25, 0.3) is 0 Å². The summed E-state index contributed by atoms with van der Waals surface area (Å²) in [5.41, 5.74) is 8.04. The van der Waals surface area contributed by atoms with Crippen molar-refractivity contribution >= 4 is 5.69 Å². The molecular weight excluding hydrogens is 162 g/mol. The number of nitrogens with two attached hydrogens (primary N) is 1. The average molecular weight is 179 g/mol. The van der Waals surface area contributed by atoms with E-state index >= 15 is 0 Å². The number of unbranched alkanes of at least 4 members (excludes halogenated alkanes) is 1. The molecule has 2 N–H and O–H groups in total. The number of nitrogen functional groups attached to an aromatic ring is 1. The fourth-order valence-corrected chi connectivity index (χ4v) is 1.70. The normalized spacial score (nSPS) is 16.4. The summed E-state index contributed by atoms with van der Waals surface area (Å²) in [5.74, 6) is 0.708. The second-order valence-corrected chi connectivity index (χ2v) is 3.84. The second kappa shape index (κ2) is 3.40. The third-order valence-corrected chi connectivity index (χ3v) is 2.60. The molecule has 0 spiro atoms. The minimum absolute atomic E-state index is 0.708. The van der Waals surface area contributed by atoms with Crippen molar-refractivity contribution < 1.29 is 0 Å². The summed E-state index contributed by atoms with van der Waals surface area (Å²) in [6, 6.07) is 0. The van der Waals surface area contributed by atoms with E-state index in [-0.39, 0.29) is 0 Å². The molecule has 1 aliphatic carbocycles. The van der Waals surface area contributed by atoms with Gasteiger partial charge >= 0.3 is 0 Å². The lowest BCUT2D eigenvalue weighted by Gasteiger charge is -2.05. The standard InChI is InChI=1S/C10H17N3/c1-2-3-6-13-10(8-4-5-8)9(11)7-12-13/h7-8H,2-6,11H2,1H3. The molecule has 3 heteroatoms. The third-order valence-electron chi connectivity index (χ3n) is 2.60. The van der Waals surface area contributed by atoms with Gasteiger partial charge in [0.25, 0.3) is 0 Å². The highest BCUT2D eigenvalue weighted by Gasteiger charge is 2.29. The van der Waals surface area contributed by atoms with E-state index in [2.05, 4.69) is 16.7 Å². The summed E-state index contributed by atoms with van der Waals surface area (Å²) in [6.07, 6.45) is 6.79. The highest BCUT2D eigenvalue weighted by molar-refractivity contribution is 5.44. The molecule has 0 amide bonds. The molecule has 0 aromatic carbocycles. The van der Waals surface area contributed by atoms with E-state index in [9.17, 15) is 0 Å². The number of rotatable bonds is 4. The molecule has 0 bridgehead atoms. The zero-order chi connectivity index (χ0) is 9.26. The Labute approximate surface area is 78.9 Å². The predicted molar refractivity (Wildman–Crippen MR) is 53.5 cm³/mol. The lowest BCUT2D eigenvalue weighted by atomic mass is 10.2. The highest BCUT2D eigenvalue weighted by atomic mass is 15.3. The fourth-order valence-electron chi connectivity index (χ4n) is 1.70. The van der Waals surface area contributed by atoms with E-state index in [1.54, 1.807) is 6.20 Å². The van der Waals surface area contributed by atoms with E-state index in [0.29, 0.717) is 5.92 Å². The van der Waals surface area contributed by atoms with Gasteiger partial charge < -0.3 is 5.73 Å². The molecule has 0 atom stereocenters. The van der Waals surface area contributed by atoms with Crippen molar-refractivity contribution in [2.24, 2.45) is 0 Å². The van der Waals surface area contributed by atoms with E-state index < -0.39 is 0 Å². The van der Waals surface area contributed by atoms with Crippen molar-refractivity contribution in [1.82, 2.24) is 9.78 Å². The molecule has 1 saturated carbocycles. The Bertz CT molecular complexity index is 286. The van der Waals surface area contributed by atoms with Crippen LogP contribution in [0.4, 0.5) is 5.69 Å². The zero-order valence-corrected chi connectivity index (χ0v) is 8.16. The Morgan fingerprint density at radius 1 is 1.62 bits per heavy atom. The summed E-state index contributed by atoms with van der Waals surface area (Å²) in [4.78, 5) is 0. The Hall–Kier alpha value is -0.990. The summed E-state index contributed by atoms with van der Waals surface area (Å²) < 4.78 is 2.09. The molecule has 1 fully saturated rings. The van der Waals surface area contributed by atoms with E-state index in [0.717, 1.165) is 12.2 Å². The average Bonchev–Trinajstić information content (AvgIpc) is 2.88. The van der Waals surface area contributed by atoms with Crippen molar-refractivity contribution in [1.29, 1.82) is 0 Å². The molecule has 3 nitrogen and oxygen atoms in total. The first-order valence-electron chi connectivity index (χ1n) is 5.14. The van der Waals surface area contributed by atoms with Crippen LogP contribution >= 0.6 is 0 Å². The first-order chi connectivity index (χ1) is 6.33. The van der Waals surface area contributed by atoms with Gasteiger partial charge in [0, 0.05) is 12.5 Å². The molecule has 0 radical (unpaired) electrons. The van der Waals surface area contributed by atoms with Crippen LogP contribution in [0.5, 0.6) is 0 Å². The third kappa shape index (κ3) is 1.69. The maximum Gasteiger partial charge on any atom is 0.0735 e. The van der Waals surface area contributed by atoms with Gasteiger partial charge in [0.15, 0.2) is 0 Å². The second-order valence-electron chi connectivity index (χ2n) is 3.84. The fraction of sp³-hybridized carbons (Fsp3) is 0.700. The Balaban J connectivity index is 2.13. The minimum Gasteiger partial charge on any atom is -0.396 e. The van der Waals surface area contributed by atoms with Gasteiger partial charge in [0.1, 0.15) is 0 Å². The molecule has 1 heterocycles. The van der Waals surface area contributed by atoms with Gasteiger partial charge in [-0.3, -0.25) is 4.68 Å². The van der Waals surface area contributed by atoms with Crippen molar-refractivity contribution in [2.75, 3.05) is 5.73 Å². The van der Waals surface area contributed by atoms with Gasteiger partial charge in [-0.1, -0.05) is 13.3 Å². The molecule has 0 aliphatic heterocycles. The maximum atomic E-state index is 5.87. The first-order valence-corrected chi connectivity index (χ1v) is 5.14. The number of nitrogens with zero attached hydrogens (tertiary/aromatic N) is 2. The van der Waals surface area contributed by atoms with Gasteiger partial charge in [0.05, 0.1) is 17.6 Å². The van der Waals surface area contributed by atoms with Crippen molar-refractivity contribution in [3.63, 3.8) is 0 Å². The Morgan fingerprint density at radius 3 is 3.00 bits per heavy atom. The highest BCUT2D eigenvalue weighted by Crippen LogP contribution is 2.42. The summed E-state index contributed by atoms with van der Waals surface area (Å²) in [7, 11) is 0. The van der Waals surface area contributed by atoms with Gasteiger partial charge in [-0.2, -0.15) is 5.10 Å². The van der Waals surface area contributed by atoms with Crippen LogP contribution in [0, 0.1) is 0 Å². The van der Waals surface area contributed by atoms with Crippen LogP contribution in [0.15, 0.2) is 6.20 Å². The number of hydrogen-bond donors (Lipinski definition) is 1. The van der Waals surface area contributed by atoms with Gasteiger partial charge in [-0.25, -0.2) is 0 Å². The molecule has 2 rings (SSSR count).